The van der Waals surface area contributed by atoms with E-state index in [0.29, 0.717) is 5.30 Å². The molecule has 1 N–H and O–H groups in total. The SMILES string of the molecule is CCCCC(C)(CC)P(=O)(O)c1ccccc1. The summed E-state index contributed by atoms with van der Waals surface area (Å²) in [5.74, 6) is 0. The van der Waals surface area contributed by atoms with E-state index in [1.165, 1.54) is 0 Å². The lowest BCUT2D eigenvalue weighted by Crippen LogP contribution is -2.29. The third kappa shape index (κ3) is 3.00. The summed E-state index contributed by atoms with van der Waals surface area (Å²) in [6.45, 7) is 6.05. The van der Waals surface area contributed by atoms with Gasteiger partial charge in [-0.05, 0) is 25.0 Å². The lowest BCUT2D eigenvalue weighted by Gasteiger charge is -2.33. The highest BCUT2D eigenvalue weighted by Gasteiger charge is 2.42. The third-order valence-electron chi connectivity index (χ3n) is 3.67. The fraction of sp³-hybridized carbons (Fsp3) is 0.571. The van der Waals surface area contributed by atoms with Crippen LogP contribution in [-0.2, 0) is 4.57 Å². The Morgan fingerprint density at radius 1 is 1.24 bits per heavy atom. The molecule has 2 nitrogen and oxygen atoms in total. The molecule has 96 valence electrons. The minimum Gasteiger partial charge on any atom is -0.341 e. The van der Waals surface area contributed by atoms with Gasteiger partial charge < -0.3 is 4.89 Å². The van der Waals surface area contributed by atoms with Crippen LogP contribution >= 0.6 is 7.37 Å². The summed E-state index contributed by atoms with van der Waals surface area (Å²) in [6, 6.07) is 9.06. The van der Waals surface area contributed by atoms with Gasteiger partial charge in [0.1, 0.15) is 0 Å². The Morgan fingerprint density at radius 2 is 1.82 bits per heavy atom. The van der Waals surface area contributed by atoms with Crippen molar-refractivity contribution < 1.29 is 9.46 Å². The molecule has 1 rings (SSSR count). The number of benzene rings is 1. The zero-order chi connectivity index (χ0) is 12.9. The molecule has 1 aromatic carbocycles. The van der Waals surface area contributed by atoms with Crippen LogP contribution in [0.15, 0.2) is 30.3 Å². The van der Waals surface area contributed by atoms with Crippen molar-refractivity contribution in [1.29, 1.82) is 0 Å². The Labute approximate surface area is 105 Å². The van der Waals surface area contributed by atoms with E-state index in [1.54, 1.807) is 12.1 Å². The van der Waals surface area contributed by atoms with Crippen LogP contribution in [0.3, 0.4) is 0 Å². The fourth-order valence-electron chi connectivity index (χ4n) is 2.04. The largest absolute Gasteiger partial charge is 0.341 e. The van der Waals surface area contributed by atoms with E-state index in [0.717, 1.165) is 25.7 Å². The third-order valence-corrected chi connectivity index (χ3v) is 6.67. The number of unbranched alkanes of at least 4 members (excludes halogenated alkanes) is 1. The molecule has 0 heterocycles. The summed E-state index contributed by atoms with van der Waals surface area (Å²) >= 11 is 0. The molecule has 0 radical (unpaired) electrons. The van der Waals surface area contributed by atoms with Crippen LogP contribution in [0, 0.1) is 0 Å². The van der Waals surface area contributed by atoms with Gasteiger partial charge in [-0.2, -0.15) is 0 Å². The normalized spacial score (nSPS) is 18.4. The van der Waals surface area contributed by atoms with Crippen LogP contribution in [0.4, 0.5) is 0 Å². The van der Waals surface area contributed by atoms with E-state index in [2.05, 4.69) is 6.92 Å². The van der Waals surface area contributed by atoms with Gasteiger partial charge in [-0.25, -0.2) is 0 Å². The minimum atomic E-state index is -3.30. The van der Waals surface area contributed by atoms with Crippen LogP contribution in [0.5, 0.6) is 0 Å². The highest BCUT2D eigenvalue weighted by molar-refractivity contribution is 7.67. The molecule has 0 aliphatic carbocycles. The zero-order valence-corrected chi connectivity index (χ0v) is 11.9. The summed E-state index contributed by atoms with van der Waals surface area (Å²) < 4.78 is 12.7. The lowest BCUT2D eigenvalue weighted by atomic mass is 10.0. The highest BCUT2D eigenvalue weighted by Crippen LogP contribution is 2.57. The van der Waals surface area contributed by atoms with Gasteiger partial charge in [-0.15, -0.1) is 0 Å². The van der Waals surface area contributed by atoms with E-state index in [1.807, 2.05) is 32.0 Å². The van der Waals surface area contributed by atoms with Crippen molar-refractivity contribution in [1.82, 2.24) is 0 Å². The molecule has 2 atom stereocenters. The Bertz CT molecular complexity index is 388. The van der Waals surface area contributed by atoms with Gasteiger partial charge in [-0.1, -0.05) is 51.8 Å². The Morgan fingerprint density at radius 3 is 2.29 bits per heavy atom. The molecule has 0 fully saturated rings. The Hall–Kier alpha value is -0.590. The zero-order valence-electron chi connectivity index (χ0n) is 11.0. The maximum atomic E-state index is 12.7. The monoisotopic (exact) mass is 254 g/mol. The lowest BCUT2D eigenvalue weighted by molar-refractivity contribution is 0.412. The average Bonchev–Trinajstić information content (AvgIpc) is 2.36. The predicted molar refractivity (Wildman–Crippen MR) is 74.1 cm³/mol. The second kappa shape index (κ2) is 5.84. The summed E-state index contributed by atoms with van der Waals surface area (Å²) in [5, 5.41) is 0.0881. The van der Waals surface area contributed by atoms with Gasteiger partial charge in [0.2, 0.25) is 7.37 Å². The van der Waals surface area contributed by atoms with Crippen molar-refractivity contribution in [2.75, 3.05) is 0 Å². The summed E-state index contributed by atoms with van der Waals surface area (Å²) in [5.41, 5.74) is 0. The first kappa shape index (κ1) is 14.5. The first-order chi connectivity index (χ1) is 7.98. The molecule has 0 saturated carbocycles. The minimum absolute atomic E-state index is 0.496. The van der Waals surface area contributed by atoms with E-state index in [9.17, 15) is 9.46 Å². The smallest absolute Gasteiger partial charge is 0.235 e. The second-order valence-electron chi connectivity index (χ2n) is 4.87. The van der Waals surface area contributed by atoms with Crippen molar-refractivity contribution in [2.24, 2.45) is 0 Å². The molecule has 0 spiro atoms. The van der Waals surface area contributed by atoms with Gasteiger partial charge in [0.05, 0.1) is 0 Å². The van der Waals surface area contributed by atoms with Crippen molar-refractivity contribution in [2.45, 2.75) is 51.6 Å². The van der Waals surface area contributed by atoms with Gasteiger partial charge in [0.15, 0.2) is 0 Å². The predicted octanol–water partition coefficient (Wildman–Crippen LogP) is 3.94. The molecule has 0 amide bonds. The van der Waals surface area contributed by atoms with Crippen molar-refractivity contribution in [3.63, 3.8) is 0 Å². The van der Waals surface area contributed by atoms with Crippen LogP contribution in [0.1, 0.15) is 46.5 Å². The first-order valence-electron chi connectivity index (χ1n) is 6.36. The molecule has 0 aliphatic heterocycles. The maximum absolute atomic E-state index is 12.7. The van der Waals surface area contributed by atoms with Crippen LogP contribution in [0.2, 0.25) is 0 Å². The standard InChI is InChI=1S/C14H23O2P/c1-4-6-12-14(3,5-2)17(15,16)13-10-8-7-9-11-13/h7-11H,4-6,12H2,1-3H3,(H,15,16). The molecule has 1 aromatic rings. The number of hydrogen-bond donors (Lipinski definition) is 1. The van der Waals surface area contributed by atoms with Crippen LogP contribution in [-0.4, -0.2) is 10.0 Å². The Kier molecular flexibility index (Phi) is 4.97. The highest BCUT2D eigenvalue weighted by atomic mass is 31.2. The van der Waals surface area contributed by atoms with E-state index in [4.69, 9.17) is 0 Å². The van der Waals surface area contributed by atoms with E-state index in [-0.39, 0.29) is 0 Å². The average molecular weight is 254 g/mol. The molecular formula is C14H23O2P. The molecule has 0 saturated heterocycles. The molecule has 3 heteroatoms. The second-order valence-corrected chi connectivity index (χ2v) is 7.61. The molecule has 0 aliphatic rings. The van der Waals surface area contributed by atoms with Crippen LogP contribution in [0.25, 0.3) is 0 Å². The van der Waals surface area contributed by atoms with Gasteiger partial charge in [0.25, 0.3) is 0 Å². The number of rotatable bonds is 6. The maximum Gasteiger partial charge on any atom is 0.235 e. The summed E-state index contributed by atoms with van der Waals surface area (Å²) in [4.78, 5) is 10.5. The summed E-state index contributed by atoms with van der Waals surface area (Å²) in [7, 11) is -3.30. The molecule has 0 bridgehead atoms. The van der Waals surface area contributed by atoms with Crippen molar-refractivity contribution >= 4 is 12.7 Å². The molecule has 0 aromatic heterocycles. The Balaban J connectivity index is 3.05. The summed E-state index contributed by atoms with van der Waals surface area (Å²) in [6.07, 6.45) is 3.60. The van der Waals surface area contributed by atoms with Crippen molar-refractivity contribution in [3.05, 3.63) is 30.3 Å². The first-order valence-corrected chi connectivity index (χ1v) is 8.02. The van der Waals surface area contributed by atoms with Gasteiger partial charge in [-0.3, -0.25) is 4.57 Å². The molecule has 17 heavy (non-hydrogen) atoms. The quantitative estimate of drug-likeness (QED) is 0.781. The molecule has 2 unspecified atom stereocenters. The van der Waals surface area contributed by atoms with Crippen molar-refractivity contribution in [3.8, 4) is 0 Å². The molecular weight excluding hydrogens is 231 g/mol. The van der Waals surface area contributed by atoms with E-state index >= 15 is 0 Å². The topological polar surface area (TPSA) is 37.3 Å². The van der Waals surface area contributed by atoms with Crippen LogP contribution < -0.4 is 5.30 Å². The van der Waals surface area contributed by atoms with Gasteiger partial charge >= 0.3 is 0 Å². The fourth-order valence-corrected chi connectivity index (χ4v) is 4.13. The van der Waals surface area contributed by atoms with Gasteiger partial charge in [0, 0.05) is 10.5 Å². The number of hydrogen-bond acceptors (Lipinski definition) is 1. The van der Waals surface area contributed by atoms with E-state index < -0.39 is 12.5 Å².